The van der Waals surface area contributed by atoms with Gasteiger partial charge in [0.25, 0.3) is 0 Å². The van der Waals surface area contributed by atoms with Gasteiger partial charge in [-0.25, -0.2) is 0 Å². The maximum absolute atomic E-state index is 2.52. The van der Waals surface area contributed by atoms with Gasteiger partial charge in [-0.3, -0.25) is 0 Å². The minimum Gasteiger partial charge on any atom is -0.0853 e. The molecule has 0 amide bonds. The van der Waals surface area contributed by atoms with Crippen LogP contribution in [0.2, 0.25) is 0 Å². The Bertz CT molecular complexity index is 155. The maximum Gasteiger partial charge on any atom is -0.0320 e. The van der Waals surface area contributed by atoms with Gasteiger partial charge >= 0.3 is 0 Å². The Morgan fingerprint density at radius 2 is 1.38 bits per heavy atom. The van der Waals surface area contributed by atoms with Crippen LogP contribution < -0.4 is 0 Å². The smallest absolute Gasteiger partial charge is 0.0320 e. The van der Waals surface area contributed by atoms with Crippen LogP contribution in [-0.2, 0) is 0 Å². The van der Waals surface area contributed by atoms with Gasteiger partial charge in [-0.1, -0.05) is 70.9 Å². The second-order valence-corrected chi connectivity index (χ2v) is 4.88. The van der Waals surface area contributed by atoms with E-state index >= 15 is 0 Å². The Hall–Kier alpha value is -0.260. The average molecular weight is 224 g/mol. The highest BCUT2D eigenvalue weighted by Gasteiger charge is 1.95. The fourth-order valence-electron chi connectivity index (χ4n) is 2.08. The van der Waals surface area contributed by atoms with Crippen LogP contribution in [-0.4, -0.2) is 0 Å². The van der Waals surface area contributed by atoms with Crippen molar-refractivity contribution in [1.29, 1.82) is 0 Å². The largest absolute Gasteiger partial charge is 0.0853 e. The third-order valence-electron chi connectivity index (χ3n) is 3.30. The van der Waals surface area contributed by atoms with Gasteiger partial charge in [-0.2, -0.15) is 0 Å². The maximum atomic E-state index is 2.52. The lowest BCUT2D eigenvalue weighted by atomic mass is 10.0. The molecule has 0 aromatic carbocycles. The zero-order valence-electron chi connectivity index (χ0n) is 11.9. The van der Waals surface area contributed by atoms with Gasteiger partial charge in [-0.15, -0.1) is 0 Å². The van der Waals surface area contributed by atoms with Crippen molar-refractivity contribution in [2.24, 2.45) is 0 Å². The van der Waals surface area contributed by atoms with Gasteiger partial charge in [-0.05, 0) is 32.1 Å². The molecule has 16 heavy (non-hydrogen) atoms. The van der Waals surface area contributed by atoms with Crippen molar-refractivity contribution in [2.45, 2.75) is 91.4 Å². The fourth-order valence-corrected chi connectivity index (χ4v) is 2.08. The first-order valence-electron chi connectivity index (χ1n) is 7.53. The summed E-state index contributed by atoms with van der Waals surface area (Å²) in [5.41, 5.74) is 1.70. The summed E-state index contributed by atoms with van der Waals surface area (Å²) in [4.78, 5) is 0. The first-order valence-corrected chi connectivity index (χ1v) is 7.53. The van der Waals surface area contributed by atoms with Crippen LogP contribution in [0.1, 0.15) is 91.4 Å². The molecule has 0 rings (SSSR count). The highest BCUT2D eigenvalue weighted by Crippen LogP contribution is 2.15. The summed E-state index contributed by atoms with van der Waals surface area (Å²) in [6.45, 7) is 6.86. The van der Waals surface area contributed by atoms with Gasteiger partial charge in [0.2, 0.25) is 0 Å². The molecule has 0 aromatic heterocycles. The summed E-state index contributed by atoms with van der Waals surface area (Å²) in [5.74, 6) is 0. The number of unbranched alkanes of at least 4 members (excludes halogenated alkanes) is 7. The standard InChI is InChI=1S/C16H32/c1-4-7-9-11-13-15-16(6-3)14-12-10-8-5-2/h15H,4-14H2,1-3H3/b16-15-. The normalized spacial score (nSPS) is 12.1. The van der Waals surface area contributed by atoms with E-state index in [2.05, 4.69) is 26.8 Å². The molecule has 0 atom stereocenters. The van der Waals surface area contributed by atoms with E-state index in [1.54, 1.807) is 5.57 Å². The van der Waals surface area contributed by atoms with Crippen molar-refractivity contribution in [3.05, 3.63) is 11.6 Å². The molecule has 0 aliphatic carbocycles. The van der Waals surface area contributed by atoms with Crippen molar-refractivity contribution in [3.8, 4) is 0 Å². The Kier molecular flexibility index (Phi) is 12.6. The molecule has 0 fully saturated rings. The van der Waals surface area contributed by atoms with Crippen molar-refractivity contribution in [3.63, 3.8) is 0 Å². The van der Waals surface area contributed by atoms with E-state index in [0.717, 1.165) is 0 Å². The number of hydrogen-bond donors (Lipinski definition) is 0. The topological polar surface area (TPSA) is 0 Å². The molecule has 0 heterocycles. The highest BCUT2D eigenvalue weighted by atomic mass is 14.0. The second kappa shape index (κ2) is 12.8. The molecule has 0 bridgehead atoms. The SMILES string of the molecule is CCCCCC/C=C(/CC)CCCCCC. The van der Waals surface area contributed by atoms with Crippen LogP contribution >= 0.6 is 0 Å². The van der Waals surface area contributed by atoms with E-state index in [1.807, 2.05) is 0 Å². The molecule has 0 aromatic rings. The molecule has 0 radical (unpaired) electrons. The molecule has 0 aliphatic rings. The minimum absolute atomic E-state index is 1.26. The second-order valence-electron chi connectivity index (χ2n) is 4.88. The monoisotopic (exact) mass is 224 g/mol. The summed E-state index contributed by atoms with van der Waals surface area (Å²) < 4.78 is 0. The molecule has 0 saturated carbocycles. The third-order valence-corrected chi connectivity index (χ3v) is 3.30. The zero-order chi connectivity index (χ0) is 12.1. The summed E-state index contributed by atoms with van der Waals surface area (Å²) in [6, 6.07) is 0. The van der Waals surface area contributed by atoms with Gasteiger partial charge in [0.05, 0.1) is 0 Å². The summed E-state index contributed by atoms with van der Waals surface area (Å²) in [6.07, 6.45) is 17.6. The van der Waals surface area contributed by atoms with Crippen LogP contribution in [0, 0.1) is 0 Å². The quantitative estimate of drug-likeness (QED) is 0.287. The van der Waals surface area contributed by atoms with Crippen molar-refractivity contribution >= 4 is 0 Å². The molecule has 0 nitrogen and oxygen atoms in total. The molecule has 96 valence electrons. The first-order chi connectivity index (χ1) is 7.85. The molecule has 0 saturated heterocycles. The number of allylic oxidation sites excluding steroid dienone is 2. The molecule has 0 N–H and O–H groups in total. The van der Waals surface area contributed by atoms with Crippen molar-refractivity contribution in [2.75, 3.05) is 0 Å². The van der Waals surface area contributed by atoms with Crippen LogP contribution in [0.4, 0.5) is 0 Å². The molecular formula is C16H32. The van der Waals surface area contributed by atoms with Crippen LogP contribution in [0.5, 0.6) is 0 Å². The van der Waals surface area contributed by atoms with E-state index in [9.17, 15) is 0 Å². The van der Waals surface area contributed by atoms with E-state index in [0.29, 0.717) is 0 Å². The molecule has 0 heteroatoms. The van der Waals surface area contributed by atoms with Crippen molar-refractivity contribution < 1.29 is 0 Å². The average Bonchev–Trinajstić information content (AvgIpc) is 2.31. The number of rotatable bonds is 11. The highest BCUT2D eigenvalue weighted by molar-refractivity contribution is 5.00. The Morgan fingerprint density at radius 1 is 0.750 bits per heavy atom. The van der Waals surface area contributed by atoms with E-state index in [1.165, 1.54) is 70.6 Å². The van der Waals surface area contributed by atoms with Crippen molar-refractivity contribution in [1.82, 2.24) is 0 Å². The third kappa shape index (κ3) is 10.3. The fraction of sp³-hybridized carbons (Fsp3) is 0.875. The minimum atomic E-state index is 1.26. The van der Waals surface area contributed by atoms with Gasteiger partial charge in [0.1, 0.15) is 0 Å². The van der Waals surface area contributed by atoms with Gasteiger partial charge in [0, 0.05) is 0 Å². The van der Waals surface area contributed by atoms with Gasteiger partial charge < -0.3 is 0 Å². The number of hydrogen-bond acceptors (Lipinski definition) is 0. The summed E-state index contributed by atoms with van der Waals surface area (Å²) >= 11 is 0. The van der Waals surface area contributed by atoms with Crippen LogP contribution in [0.3, 0.4) is 0 Å². The predicted octanol–water partition coefficient (Wildman–Crippen LogP) is 6.26. The summed E-state index contributed by atoms with van der Waals surface area (Å²) in [7, 11) is 0. The lowest BCUT2D eigenvalue weighted by Gasteiger charge is -2.04. The summed E-state index contributed by atoms with van der Waals surface area (Å²) in [5, 5.41) is 0. The van der Waals surface area contributed by atoms with E-state index < -0.39 is 0 Å². The Morgan fingerprint density at radius 3 is 1.94 bits per heavy atom. The first kappa shape index (κ1) is 15.7. The van der Waals surface area contributed by atoms with E-state index in [-0.39, 0.29) is 0 Å². The van der Waals surface area contributed by atoms with Crippen LogP contribution in [0.25, 0.3) is 0 Å². The predicted molar refractivity (Wildman–Crippen MR) is 75.9 cm³/mol. The van der Waals surface area contributed by atoms with E-state index in [4.69, 9.17) is 0 Å². The van der Waals surface area contributed by atoms with Gasteiger partial charge in [0.15, 0.2) is 0 Å². The Labute approximate surface area is 104 Å². The van der Waals surface area contributed by atoms with Crippen LogP contribution in [0.15, 0.2) is 11.6 Å². The molecular weight excluding hydrogens is 192 g/mol. The zero-order valence-corrected chi connectivity index (χ0v) is 11.9. The molecule has 0 unspecified atom stereocenters. The lowest BCUT2D eigenvalue weighted by molar-refractivity contribution is 0.649. The molecule has 0 spiro atoms. The molecule has 0 aliphatic heterocycles. The lowest BCUT2D eigenvalue weighted by Crippen LogP contribution is -1.84. The Balaban J connectivity index is 3.50.